The molecule has 182 valence electrons. The molecule has 0 unspecified atom stereocenters. The minimum atomic E-state index is 0.0403. The van der Waals surface area contributed by atoms with Gasteiger partial charge in [0.25, 0.3) is 0 Å². The van der Waals surface area contributed by atoms with Crippen molar-refractivity contribution in [3.05, 3.63) is 88.4 Å². The Kier molecular flexibility index (Phi) is 8.03. The van der Waals surface area contributed by atoms with Crippen LogP contribution in [0.2, 0.25) is 0 Å². The molecule has 0 aliphatic heterocycles. The molecule has 6 heteroatoms. The van der Waals surface area contributed by atoms with Crippen LogP contribution in [0.25, 0.3) is 10.8 Å². The summed E-state index contributed by atoms with van der Waals surface area (Å²) in [5, 5.41) is 5.70. The molecule has 4 aromatic rings. The van der Waals surface area contributed by atoms with Gasteiger partial charge in [-0.1, -0.05) is 58.4 Å². The average Bonchev–Trinajstić information content (AvgIpc) is 2.86. The molecule has 4 rings (SSSR count). The lowest BCUT2D eigenvalue weighted by molar-refractivity contribution is 0.230. The molecule has 0 saturated heterocycles. The van der Waals surface area contributed by atoms with Crippen molar-refractivity contribution >= 4 is 32.4 Å². The van der Waals surface area contributed by atoms with Gasteiger partial charge in [0.05, 0.1) is 20.3 Å². The largest absolute Gasteiger partial charge is 0.493 e. The van der Waals surface area contributed by atoms with Crippen LogP contribution >= 0.6 is 15.9 Å². The van der Waals surface area contributed by atoms with Gasteiger partial charge in [-0.2, -0.15) is 0 Å². The van der Waals surface area contributed by atoms with Crippen molar-refractivity contribution < 1.29 is 18.9 Å². The number of anilines is 1. The lowest BCUT2D eigenvalue weighted by Gasteiger charge is -2.19. The molecule has 0 aromatic heterocycles. The summed E-state index contributed by atoms with van der Waals surface area (Å²) in [5.41, 5.74) is 3.06. The van der Waals surface area contributed by atoms with Gasteiger partial charge in [-0.05, 0) is 55.1 Å². The number of methoxy groups -OCH3 is 2. The van der Waals surface area contributed by atoms with Crippen LogP contribution in [0, 0.1) is 0 Å². The van der Waals surface area contributed by atoms with E-state index in [1.165, 1.54) is 0 Å². The quantitative estimate of drug-likeness (QED) is 0.226. The van der Waals surface area contributed by atoms with Crippen molar-refractivity contribution in [3.8, 4) is 23.0 Å². The number of hydrogen-bond donors (Lipinski definition) is 1. The van der Waals surface area contributed by atoms with Gasteiger partial charge in [0.2, 0.25) is 0 Å². The molecule has 0 atom stereocenters. The zero-order valence-corrected chi connectivity index (χ0v) is 22.0. The van der Waals surface area contributed by atoms with Crippen LogP contribution in [0.1, 0.15) is 25.0 Å². The van der Waals surface area contributed by atoms with Crippen molar-refractivity contribution in [2.75, 3.05) is 19.5 Å². The number of hydrogen-bond acceptors (Lipinski definition) is 5. The van der Waals surface area contributed by atoms with E-state index in [1.807, 2.05) is 74.5 Å². The molecular weight excluding hydrogens is 506 g/mol. The van der Waals surface area contributed by atoms with E-state index < -0.39 is 0 Å². The Labute approximate surface area is 215 Å². The Morgan fingerprint density at radius 1 is 0.829 bits per heavy atom. The Bertz CT molecular complexity index is 1290. The summed E-state index contributed by atoms with van der Waals surface area (Å²) >= 11 is 3.71. The first-order valence-corrected chi connectivity index (χ1v) is 12.3. The van der Waals surface area contributed by atoms with Crippen LogP contribution in [-0.4, -0.2) is 20.3 Å². The van der Waals surface area contributed by atoms with E-state index in [0.717, 1.165) is 43.6 Å². The molecule has 0 bridgehead atoms. The number of ether oxygens (including phenoxy) is 4. The molecule has 0 spiro atoms. The zero-order chi connectivity index (χ0) is 24.8. The van der Waals surface area contributed by atoms with Crippen molar-refractivity contribution in [2.24, 2.45) is 0 Å². The number of rotatable bonds is 10. The molecule has 0 fully saturated rings. The van der Waals surface area contributed by atoms with E-state index in [-0.39, 0.29) is 6.10 Å². The third-order valence-electron chi connectivity index (χ3n) is 5.60. The molecule has 0 aliphatic carbocycles. The Morgan fingerprint density at radius 2 is 1.60 bits per heavy atom. The van der Waals surface area contributed by atoms with Crippen molar-refractivity contribution in [3.63, 3.8) is 0 Å². The van der Waals surface area contributed by atoms with Gasteiger partial charge in [-0.15, -0.1) is 0 Å². The summed E-state index contributed by atoms with van der Waals surface area (Å²) < 4.78 is 24.4. The fraction of sp³-hybridized carbons (Fsp3) is 0.241. The minimum Gasteiger partial charge on any atom is -0.493 e. The standard InChI is InChI=1S/C29H30BrNO4/c1-19(2)35-28-16-22-21(15-27(28)33-4)11-8-12-25(22)31-17-23-24(30)13-14-26(32-3)29(23)34-18-20-9-6-5-7-10-20/h5-16,19,31H,17-18H2,1-4H3. The number of benzene rings is 4. The molecule has 35 heavy (non-hydrogen) atoms. The van der Waals surface area contributed by atoms with E-state index in [0.29, 0.717) is 24.7 Å². The van der Waals surface area contributed by atoms with Gasteiger partial charge < -0.3 is 24.3 Å². The second-order valence-corrected chi connectivity index (χ2v) is 9.24. The van der Waals surface area contributed by atoms with Crippen molar-refractivity contribution in [1.82, 2.24) is 0 Å². The van der Waals surface area contributed by atoms with Gasteiger partial charge in [-0.3, -0.25) is 0 Å². The van der Waals surface area contributed by atoms with Gasteiger partial charge in [0.1, 0.15) is 6.61 Å². The molecule has 0 saturated carbocycles. The predicted molar refractivity (Wildman–Crippen MR) is 145 cm³/mol. The molecule has 0 radical (unpaired) electrons. The van der Waals surface area contributed by atoms with Crippen molar-refractivity contribution in [1.29, 1.82) is 0 Å². The Morgan fingerprint density at radius 3 is 2.31 bits per heavy atom. The highest BCUT2D eigenvalue weighted by molar-refractivity contribution is 9.10. The zero-order valence-electron chi connectivity index (χ0n) is 20.4. The summed E-state index contributed by atoms with van der Waals surface area (Å²) in [6.07, 6.45) is 0.0403. The smallest absolute Gasteiger partial charge is 0.167 e. The summed E-state index contributed by atoms with van der Waals surface area (Å²) in [4.78, 5) is 0. The first-order valence-electron chi connectivity index (χ1n) is 11.5. The first-order chi connectivity index (χ1) is 17.0. The van der Waals surface area contributed by atoms with Gasteiger partial charge in [0.15, 0.2) is 23.0 Å². The van der Waals surface area contributed by atoms with Crippen LogP contribution in [0.4, 0.5) is 5.69 Å². The third-order valence-corrected chi connectivity index (χ3v) is 6.34. The second kappa shape index (κ2) is 11.4. The van der Waals surface area contributed by atoms with Gasteiger partial charge in [0, 0.05) is 27.7 Å². The van der Waals surface area contributed by atoms with E-state index >= 15 is 0 Å². The van der Waals surface area contributed by atoms with Crippen LogP contribution in [0.15, 0.2) is 77.3 Å². The maximum atomic E-state index is 6.26. The van der Waals surface area contributed by atoms with Crippen LogP contribution in [-0.2, 0) is 13.2 Å². The fourth-order valence-corrected chi connectivity index (χ4v) is 4.38. The van der Waals surface area contributed by atoms with Gasteiger partial charge >= 0.3 is 0 Å². The molecule has 0 heterocycles. The number of halogens is 1. The van der Waals surface area contributed by atoms with E-state index in [1.54, 1.807) is 14.2 Å². The third kappa shape index (κ3) is 5.82. The molecule has 0 amide bonds. The predicted octanol–water partition coefficient (Wildman–Crippen LogP) is 7.60. The molecular formula is C29H30BrNO4. The fourth-order valence-electron chi connectivity index (χ4n) is 3.92. The lowest BCUT2D eigenvalue weighted by Crippen LogP contribution is -2.08. The molecule has 4 aromatic carbocycles. The summed E-state index contributed by atoms with van der Waals surface area (Å²) in [6, 6.07) is 24.2. The maximum Gasteiger partial charge on any atom is 0.167 e. The molecule has 5 nitrogen and oxygen atoms in total. The van der Waals surface area contributed by atoms with E-state index in [9.17, 15) is 0 Å². The number of nitrogens with one attached hydrogen (secondary N) is 1. The summed E-state index contributed by atoms with van der Waals surface area (Å²) in [6.45, 7) is 4.99. The maximum absolute atomic E-state index is 6.26. The normalized spacial score (nSPS) is 10.9. The Hall–Kier alpha value is -3.38. The average molecular weight is 536 g/mol. The van der Waals surface area contributed by atoms with Gasteiger partial charge in [-0.25, -0.2) is 0 Å². The van der Waals surface area contributed by atoms with E-state index in [4.69, 9.17) is 18.9 Å². The van der Waals surface area contributed by atoms with Crippen LogP contribution < -0.4 is 24.3 Å². The van der Waals surface area contributed by atoms with E-state index in [2.05, 4.69) is 33.4 Å². The molecule has 1 N–H and O–H groups in total. The van der Waals surface area contributed by atoms with Crippen LogP contribution in [0.3, 0.4) is 0 Å². The summed E-state index contributed by atoms with van der Waals surface area (Å²) in [5.74, 6) is 2.84. The minimum absolute atomic E-state index is 0.0403. The molecule has 0 aliphatic rings. The lowest BCUT2D eigenvalue weighted by atomic mass is 10.1. The Balaban J connectivity index is 1.65. The summed E-state index contributed by atoms with van der Waals surface area (Å²) in [7, 11) is 3.32. The first kappa shape index (κ1) is 24.7. The number of fused-ring (bicyclic) bond motifs is 1. The topological polar surface area (TPSA) is 49.0 Å². The highest BCUT2D eigenvalue weighted by Gasteiger charge is 2.16. The highest BCUT2D eigenvalue weighted by Crippen LogP contribution is 2.39. The highest BCUT2D eigenvalue weighted by atomic mass is 79.9. The second-order valence-electron chi connectivity index (χ2n) is 8.38. The van der Waals surface area contributed by atoms with Crippen molar-refractivity contribution in [2.45, 2.75) is 33.1 Å². The SMILES string of the molecule is COc1cc2cccc(NCc3c(Br)ccc(OC)c3OCc3ccccc3)c2cc1OC(C)C. The van der Waals surface area contributed by atoms with Crippen LogP contribution in [0.5, 0.6) is 23.0 Å². The monoisotopic (exact) mass is 535 g/mol.